The van der Waals surface area contributed by atoms with Crippen molar-refractivity contribution in [2.75, 3.05) is 18.9 Å². The van der Waals surface area contributed by atoms with E-state index in [2.05, 4.69) is 44.8 Å². The highest BCUT2D eigenvalue weighted by molar-refractivity contribution is 8.00. The summed E-state index contributed by atoms with van der Waals surface area (Å²) < 4.78 is 6.46. The summed E-state index contributed by atoms with van der Waals surface area (Å²) in [5, 5.41) is 3.82. The molecule has 0 aromatic heterocycles. The Hall–Kier alpha value is 0.270. The van der Waals surface area contributed by atoms with E-state index in [1.54, 1.807) is 0 Å². The molecular weight excluding hydrogens is 266 g/mol. The summed E-state index contributed by atoms with van der Waals surface area (Å²) in [7, 11) is 0. The first-order valence-electron chi connectivity index (χ1n) is 8.45. The van der Waals surface area contributed by atoms with Gasteiger partial charge in [-0.05, 0) is 51.0 Å². The number of nitrogens with one attached hydrogen (secondary N) is 1. The molecule has 2 aliphatic rings. The first-order valence-corrected chi connectivity index (χ1v) is 9.44. The molecule has 1 saturated carbocycles. The Bertz CT molecular complexity index is 296. The van der Waals surface area contributed by atoms with E-state index < -0.39 is 0 Å². The van der Waals surface area contributed by atoms with Gasteiger partial charge in [0.25, 0.3) is 0 Å². The zero-order chi connectivity index (χ0) is 14.6. The Balaban J connectivity index is 1.90. The van der Waals surface area contributed by atoms with Crippen LogP contribution in [0.4, 0.5) is 0 Å². The van der Waals surface area contributed by atoms with E-state index in [4.69, 9.17) is 4.74 Å². The van der Waals surface area contributed by atoms with Crippen molar-refractivity contribution in [2.45, 2.75) is 82.6 Å². The second kappa shape index (κ2) is 7.02. The molecule has 1 N–H and O–H groups in total. The fourth-order valence-electron chi connectivity index (χ4n) is 3.36. The molecule has 2 rings (SSSR count). The average molecular weight is 300 g/mol. The number of rotatable bonds is 6. The summed E-state index contributed by atoms with van der Waals surface area (Å²) in [5.74, 6) is 2.05. The molecule has 1 heterocycles. The Morgan fingerprint density at radius 1 is 1.35 bits per heavy atom. The maximum Gasteiger partial charge on any atom is 0.0685 e. The van der Waals surface area contributed by atoms with E-state index in [-0.39, 0.29) is 5.60 Å². The van der Waals surface area contributed by atoms with Crippen molar-refractivity contribution in [3.05, 3.63) is 0 Å². The molecule has 3 heteroatoms. The average Bonchev–Trinajstić information content (AvgIpc) is 2.36. The van der Waals surface area contributed by atoms with Gasteiger partial charge in [-0.15, -0.1) is 0 Å². The van der Waals surface area contributed by atoms with E-state index in [9.17, 15) is 0 Å². The Labute approximate surface area is 129 Å². The van der Waals surface area contributed by atoms with Crippen LogP contribution in [-0.2, 0) is 4.74 Å². The quantitative estimate of drug-likeness (QED) is 0.793. The summed E-state index contributed by atoms with van der Waals surface area (Å²) >= 11 is 2.11. The van der Waals surface area contributed by atoms with Crippen LogP contribution in [0.3, 0.4) is 0 Å². The highest BCUT2D eigenvalue weighted by atomic mass is 32.2. The van der Waals surface area contributed by atoms with Crippen LogP contribution in [0.25, 0.3) is 0 Å². The van der Waals surface area contributed by atoms with Crippen molar-refractivity contribution in [1.29, 1.82) is 0 Å². The summed E-state index contributed by atoms with van der Waals surface area (Å²) in [4.78, 5) is 0. The lowest BCUT2D eigenvalue weighted by atomic mass is 9.70. The van der Waals surface area contributed by atoms with E-state index in [0.29, 0.717) is 10.8 Å². The van der Waals surface area contributed by atoms with Gasteiger partial charge in [-0.3, -0.25) is 0 Å². The van der Waals surface area contributed by atoms with Crippen LogP contribution in [0.1, 0.15) is 66.2 Å². The summed E-state index contributed by atoms with van der Waals surface area (Å²) in [6.07, 6.45) is 7.74. The van der Waals surface area contributed by atoms with Gasteiger partial charge in [-0.25, -0.2) is 0 Å². The normalized spacial score (nSPS) is 27.3. The van der Waals surface area contributed by atoms with Crippen LogP contribution in [-0.4, -0.2) is 35.3 Å². The third-order valence-corrected chi connectivity index (χ3v) is 6.11. The fraction of sp³-hybridized carbons (Fsp3) is 1.00. The second-order valence-corrected chi connectivity index (χ2v) is 9.47. The van der Waals surface area contributed by atoms with Crippen molar-refractivity contribution in [2.24, 2.45) is 5.92 Å². The molecule has 0 amide bonds. The van der Waals surface area contributed by atoms with Gasteiger partial charge in [-0.1, -0.05) is 27.7 Å². The van der Waals surface area contributed by atoms with Gasteiger partial charge >= 0.3 is 0 Å². The van der Waals surface area contributed by atoms with Crippen LogP contribution in [0, 0.1) is 5.92 Å². The number of hydrogen-bond acceptors (Lipinski definition) is 3. The molecule has 2 fully saturated rings. The van der Waals surface area contributed by atoms with Crippen molar-refractivity contribution >= 4 is 11.8 Å². The molecule has 20 heavy (non-hydrogen) atoms. The molecule has 2 atom stereocenters. The molecule has 1 aliphatic heterocycles. The SMILES string of the molecule is CCCNC(CSC(C)(C)C)C1CCOC2(CCC2)C1. The van der Waals surface area contributed by atoms with E-state index in [0.717, 1.165) is 19.1 Å². The van der Waals surface area contributed by atoms with Crippen molar-refractivity contribution in [3.63, 3.8) is 0 Å². The van der Waals surface area contributed by atoms with E-state index in [1.165, 1.54) is 44.3 Å². The molecular formula is C17H33NOS. The van der Waals surface area contributed by atoms with E-state index in [1.807, 2.05) is 0 Å². The predicted molar refractivity (Wildman–Crippen MR) is 89.6 cm³/mol. The van der Waals surface area contributed by atoms with Gasteiger partial charge in [0.2, 0.25) is 0 Å². The minimum absolute atomic E-state index is 0.279. The molecule has 0 bridgehead atoms. The lowest BCUT2D eigenvalue weighted by Gasteiger charge is -2.49. The Kier molecular flexibility index (Phi) is 5.84. The second-order valence-electron chi connectivity index (χ2n) is 7.62. The lowest BCUT2D eigenvalue weighted by molar-refractivity contribution is -0.146. The maximum absolute atomic E-state index is 6.10. The van der Waals surface area contributed by atoms with Gasteiger partial charge in [0.1, 0.15) is 0 Å². The first kappa shape index (κ1) is 16.6. The number of hydrogen-bond donors (Lipinski definition) is 1. The molecule has 1 saturated heterocycles. The van der Waals surface area contributed by atoms with Crippen molar-refractivity contribution < 1.29 is 4.74 Å². The molecule has 0 aromatic carbocycles. The summed E-state index contributed by atoms with van der Waals surface area (Å²) in [5.41, 5.74) is 0.279. The van der Waals surface area contributed by atoms with Gasteiger partial charge in [-0.2, -0.15) is 11.8 Å². The zero-order valence-electron chi connectivity index (χ0n) is 13.8. The third-order valence-electron chi connectivity index (χ3n) is 4.72. The molecule has 1 spiro atoms. The molecule has 1 aliphatic carbocycles. The molecule has 0 aromatic rings. The molecule has 0 radical (unpaired) electrons. The lowest BCUT2D eigenvalue weighted by Crippen LogP contribution is -2.51. The van der Waals surface area contributed by atoms with Crippen LogP contribution in [0.2, 0.25) is 0 Å². The standard InChI is InChI=1S/C17H33NOS/c1-5-10-18-15(13-20-16(2,3)4)14-7-11-19-17(12-14)8-6-9-17/h14-15,18H,5-13H2,1-4H3. The summed E-state index contributed by atoms with van der Waals surface area (Å²) in [6, 6.07) is 0.667. The van der Waals surface area contributed by atoms with Gasteiger partial charge in [0.05, 0.1) is 5.60 Å². The highest BCUT2D eigenvalue weighted by Gasteiger charge is 2.44. The van der Waals surface area contributed by atoms with Crippen LogP contribution < -0.4 is 5.32 Å². The smallest absolute Gasteiger partial charge is 0.0685 e. The van der Waals surface area contributed by atoms with Gasteiger partial charge < -0.3 is 10.1 Å². The molecule has 2 unspecified atom stereocenters. The Morgan fingerprint density at radius 3 is 2.65 bits per heavy atom. The van der Waals surface area contributed by atoms with Crippen LogP contribution in [0.15, 0.2) is 0 Å². The minimum atomic E-state index is 0.279. The molecule has 2 nitrogen and oxygen atoms in total. The van der Waals surface area contributed by atoms with E-state index >= 15 is 0 Å². The minimum Gasteiger partial charge on any atom is -0.375 e. The predicted octanol–water partition coefficient (Wildman–Crippen LogP) is 4.24. The highest BCUT2D eigenvalue weighted by Crippen LogP contribution is 2.45. The van der Waals surface area contributed by atoms with Gasteiger partial charge in [0.15, 0.2) is 0 Å². The topological polar surface area (TPSA) is 21.3 Å². The van der Waals surface area contributed by atoms with Crippen molar-refractivity contribution in [3.8, 4) is 0 Å². The third kappa shape index (κ3) is 4.64. The summed E-state index contributed by atoms with van der Waals surface area (Å²) in [6.45, 7) is 11.4. The zero-order valence-corrected chi connectivity index (χ0v) is 14.7. The molecule has 118 valence electrons. The maximum atomic E-state index is 6.10. The largest absolute Gasteiger partial charge is 0.375 e. The van der Waals surface area contributed by atoms with Gasteiger partial charge in [0, 0.05) is 23.1 Å². The van der Waals surface area contributed by atoms with Crippen LogP contribution >= 0.6 is 11.8 Å². The first-order chi connectivity index (χ1) is 9.44. The van der Waals surface area contributed by atoms with Crippen LogP contribution in [0.5, 0.6) is 0 Å². The Morgan fingerprint density at radius 2 is 2.10 bits per heavy atom. The number of ether oxygens (including phenoxy) is 1. The number of thioether (sulfide) groups is 1. The fourth-order valence-corrected chi connectivity index (χ4v) is 4.43. The monoisotopic (exact) mass is 299 g/mol. The van der Waals surface area contributed by atoms with Crippen molar-refractivity contribution in [1.82, 2.24) is 5.32 Å².